The van der Waals surface area contributed by atoms with Crippen LogP contribution in [0.2, 0.25) is 0 Å². The van der Waals surface area contributed by atoms with Crippen LogP contribution in [0.25, 0.3) is 11.5 Å². The molecule has 8 nitrogen and oxygen atoms in total. The molecule has 3 N–H and O–H groups in total. The Morgan fingerprint density at radius 2 is 2.27 bits per heavy atom. The molecular weight excluding hydrogens is 334 g/mol. The predicted octanol–water partition coefficient (Wildman–Crippen LogP) is 1.95. The second kappa shape index (κ2) is 6.45. The molecule has 0 bridgehead atoms. The van der Waals surface area contributed by atoms with E-state index in [9.17, 15) is 9.90 Å². The van der Waals surface area contributed by atoms with Crippen molar-refractivity contribution in [3.8, 4) is 11.5 Å². The fraction of sp³-hybridized carbons (Fsp3) is 0.389. The van der Waals surface area contributed by atoms with Gasteiger partial charge in [0.15, 0.2) is 11.5 Å². The molecular formula is C18H21N5O3. The van der Waals surface area contributed by atoms with Crippen molar-refractivity contribution < 1.29 is 14.3 Å². The third-order valence-electron chi connectivity index (χ3n) is 4.81. The van der Waals surface area contributed by atoms with Crippen LogP contribution >= 0.6 is 0 Å². The largest absolute Gasteiger partial charge is 0.460 e. The van der Waals surface area contributed by atoms with Crippen molar-refractivity contribution in [3.63, 3.8) is 0 Å². The average Bonchev–Trinajstić information content (AvgIpc) is 3.30. The van der Waals surface area contributed by atoms with Gasteiger partial charge in [-0.25, -0.2) is 0 Å². The van der Waals surface area contributed by atoms with Crippen LogP contribution in [-0.2, 0) is 7.05 Å². The van der Waals surface area contributed by atoms with Gasteiger partial charge in [-0.1, -0.05) is 0 Å². The highest BCUT2D eigenvalue weighted by Gasteiger charge is 2.36. The molecule has 0 spiro atoms. The normalized spacial score (nSPS) is 20.6. The number of nitrogens with one attached hydrogen (secondary N) is 2. The molecule has 8 heteroatoms. The van der Waals surface area contributed by atoms with Crippen molar-refractivity contribution in [1.29, 1.82) is 0 Å². The molecule has 26 heavy (non-hydrogen) atoms. The van der Waals surface area contributed by atoms with Crippen molar-refractivity contribution in [2.75, 3.05) is 0 Å². The summed E-state index contributed by atoms with van der Waals surface area (Å²) >= 11 is 0. The van der Waals surface area contributed by atoms with Crippen molar-refractivity contribution in [3.05, 3.63) is 47.6 Å². The molecule has 136 valence electrons. The molecule has 3 heterocycles. The standard InChI is InChI=1S/C18H21N5O3/c1-10-3-4-16(26-10)14-7-15(22-21-14)18(25)20-17(11-5-13(24)6-11)12-8-19-23(2)9-12/h3-4,7-9,11,13,17,24H,5-6H2,1-2H3,(H,20,25)(H,21,22)/t11?,13?,17-/m1/s1. The summed E-state index contributed by atoms with van der Waals surface area (Å²) in [6.45, 7) is 1.86. The Morgan fingerprint density at radius 3 is 2.88 bits per heavy atom. The Balaban J connectivity index is 1.52. The Bertz CT molecular complexity index is 919. The zero-order valence-electron chi connectivity index (χ0n) is 14.6. The average molecular weight is 355 g/mol. The van der Waals surface area contributed by atoms with Crippen LogP contribution in [0.4, 0.5) is 0 Å². The van der Waals surface area contributed by atoms with Gasteiger partial charge < -0.3 is 14.8 Å². The monoisotopic (exact) mass is 355 g/mol. The third-order valence-corrected chi connectivity index (χ3v) is 4.81. The maximum atomic E-state index is 12.7. The molecule has 3 aromatic rings. The SMILES string of the molecule is Cc1ccc(-c2cc(C(=O)N[C@@H](c3cnn(C)c3)C3CC(O)C3)n[nH]2)o1. The quantitative estimate of drug-likeness (QED) is 0.648. The molecule has 0 aliphatic heterocycles. The Labute approximate surface area is 150 Å². The van der Waals surface area contributed by atoms with E-state index in [1.165, 1.54) is 0 Å². The van der Waals surface area contributed by atoms with Crippen LogP contribution in [0.3, 0.4) is 0 Å². The van der Waals surface area contributed by atoms with Crippen LogP contribution in [0.1, 0.15) is 40.7 Å². The van der Waals surface area contributed by atoms with Crippen LogP contribution in [0.5, 0.6) is 0 Å². The number of hydrogen-bond acceptors (Lipinski definition) is 5. The van der Waals surface area contributed by atoms with Gasteiger partial charge in [-0.2, -0.15) is 10.2 Å². The van der Waals surface area contributed by atoms with Crippen LogP contribution < -0.4 is 5.32 Å². The van der Waals surface area contributed by atoms with Gasteiger partial charge in [-0.3, -0.25) is 14.6 Å². The lowest BCUT2D eigenvalue weighted by molar-refractivity contribution is 0.0234. The number of carbonyl (C=O) groups excluding carboxylic acids is 1. The van der Waals surface area contributed by atoms with Crippen LogP contribution in [-0.4, -0.2) is 37.1 Å². The number of aromatic amines is 1. The molecule has 3 aromatic heterocycles. The summed E-state index contributed by atoms with van der Waals surface area (Å²) in [6.07, 6.45) is 4.67. The first-order chi connectivity index (χ1) is 12.5. The molecule has 4 rings (SSSR count). The number of hydrogen-bond donors (Lipinski definition) is 3. The zero-order chi connectivity index (χ0) is 18.3. The lowest BCUT2D eigenvalue weighted by Crippen LogP contribution is -2.41. The summed E-state index contributed by atoms with van der Waals surface area (Å²) < 4.78 is 7.25. The Hall–Kier alpha value is -2.87. The fourth-order valence-electron chi connectivity index (χ4n) is 3.33. The van der Waals surface area contributed by atoms with E-state index in [1.807, 2.05) is 32.3 Å². The van der Waals surface area contributed by atoms with E-state index in [1.54, 1.807) is 16.9 Å². The number of aliphatic hydroxyl groups excluding tert-OH is 1. The maximum Gasteiger partial charge on any atom is 0.272 e. The van der Waals surface area contributed by atoms with Crippen molar-refractivity contribution in [1.82, 2.24) is 25.3 Å². The van der Waals surface area contributed by atoms with E-state index < -0.39 is 0 Å². The minimum Gasteiger partial charge on any atom is -0.460 e. The summed E-state index contributed by atoms with van der Waals surface area (Å²) in [7, 11) is 1.84. The lowest BCUT2D eigenvalue weighted by Gasteiger charge is -2.37. The smallest absolute Gasteiger partial charge is 0.272 e. The molecule has 0 saturated heterocycles. The topological polar surface area (TPSA) is 109 Å². The first-order valence-corrected chi connectivity index (χ1v) is 8.59. The highest BCUT2D eigenvalue weighted by molar-refractivity contribution is 5.93. The predicted molar refractivity (Wildman–Crippen MR) is 93.2 cm³/mol. The highest BCUT2D eigenvalue weighted by atomic mass is 16.3. The second-order valence-corrected chi connectivity index (χ2v) is 6.86. The highest BCUT2D eigenvalue weighted by Crippen LogP contribution is 2.38. The van der Waals surface area contributed by atoms with Crippen molar-refractivity contribution in [2.45, 2.75) is 31.9 Å². The van der Waals surface area contributed by atoms with Gasteiger partial charge in [-0.15, -0.1) is 0 Å². The van der Waals surface area contributed by atoms with Gasteiger partial charge in [0.1, 0.15) is 11.5 Å². The molecule has 0 aromatic carbocycles. The number of amides is 1. The van der Waals surface area contributed by atoms with Gasteiger partial charge in [0.05, 0.1) is 18.3 Å². The molecule has 1 aliphatic carbocycles. The molecule has 1 atom stereocenters. The summed E-state index contributed by atoms with van der Waals surface area (Å²) in [5, 5.41) is 23.8. The number of H-pyrrole nitrogens is 1. The minimum atomic E-state index is -0.296. The summed E-state index contributed by atoms with van der Waals surface area (Å²) in [5.74, 6) is 1.34. The number of aromatic nitrogens is 4. The maximum absolute atomic E-state index is 12.7. The number of aryl methyl sites for hydroxylation is 2. The van der Waals surface area contributed by atoms with E-state index in [2.05, 4.69) is 20.6 Å². The van der Waals surface area contributed by atoms with Gasteiger partial charge in [-0.05, 0) is 37.8 Å². The minimum absolute atomic E-state index is 0.185. The number of aliphatic hydroxyl groups is 1. The number of rotatable bonds is 5. The van der Waals surface area contributed by atoms with Gasteiger partial charge >= 0.3 is 0 Å². The first kappa shape index (κ1) is 16.6. The van der Waals surface area contributed by atoms with Gasteiger partial charge in [0.2, 0.25) is 0 Å². The van der Waals surface area contributed by atoms with E-state index >= 15 is 0 Å². The van der Waals surface area contributed by atoms with Crippen molar-refractivity contribution in [2.24, 2.45) is 13.0 Å². The van der Waals surface area contributed by atoms with E-state index in [0.29, 0.717) is 30.0 Å². The van der Waals surface area contributed by atoms with Crippen molar-refractivity contribution >= 4 is 5.91 Å². The van der Waals surface area contributed by atoms with Crippen LogP contribution in [0, 0.1) is 12.8 Å². The molecule has 1 amide bonds. The summed E-state index contributed by atoms with van der Waals surface area (Å²) in [6, 6.07) is 5.16. The lowest BCUT2D eigenvalue weighted by atomic mass is 9.75. The van der Waals surface area contributed by atoms with Gasteiger partial charge in [0, 0.05) is 24.9 Å². The van der Waals surface area contributed by atoms with Gasteiger partial charge in [0.25, 0.3) is 5.91 Å². The number of furan rings is 1. The zero-order valence-corrected chi connectivity index (χ0v) is 14.6. The second-order valence-electron chi connectivity index (χ2n) is 6.86. The van der Waals surface area contributed by atoms with E-state index in [4.69, 9.17) is 4.42 Å². The first-order valence-electron chi connectivity index (χ1n) is 8.59. The van der Waals surface area contributed by atoms with Crippen LogP contribution in [0.15, 0.2) is 35.0 Å². The van der Waals surface area contributed by atoms with E-state index in [-0.39, 0.29) is 24.0 Å². The molecule has 0 unspecified atom stereocenters. The molecule has 0 radical (unpaired) electrons. The Kier molecular flexibility index (Phi) is 4.12. The van der Waals surface area contributed by atoms with E-state index in [0.717, 1.165) is 11.3 Å². The summed E-state index contributed by atoms with van der Waals surface area (Å²) in [5.41, 5.74) is 1.87. The molecule has 1 saturated carbocycles. The third kappa shape index (κ3) is 3.15. The molecule has 1 fully saturated rings. The Morgan fingerprint density at radius 1 is 1.46 bits per heavy atom. The number of carbonyl (C=O) groups is 1. The summed E-state index contributed by atoms with van der Waals surface area (Å²) in [4.78, 5) is 12.7. The fourth-order valence-corrected chi connectivity index (χ4v) is 3.33. The molecule has 1 aliphatic rings. The number of nitrogens with zero attached hydrogens (tertiary/aromatic N) is 3.